The lowest BCUT2D eigenvalue weighted by Crippen LogP contribution is -2.36. The first kappa shape index (κ1) is 16.0. The van der Waals surface area contributed by atoms with Crippen molar-refractivity contribution >= 4 is 22.2 Å². The molecule has 1 aliphatic heterocycles. The Morgan fingerprint density at radius 1 is 1.08 bits per heavy atom. The van der Waals surface area contributed by atoms with Gasteiger partial charge < -0.3 is 15.0 Å². The molecule has 6 nitrogen and oxygen atoms in total. The normalized spacial score (nSPS) is 14.7. The second-order valence-corrected chi connectivity index (χ2v) is 6.63. The van der Waals surface area contributed by atoms with Gasteiger partial charge in [-0.2, -0.15) is 0 Å². The Bertz CT molecular complexity index is 826. The van der Waals surface area contributed by atoms with E-state index in [0.717, 1.165) is 47.9 Å². The SMILES string of the molecule is Fc1ccc(NCc2cccn2-c2nnc(N3CCOCC3)s2)cc1. The summed E-state index contributed by atoms with van der Waals surface area (Å²) in [5.74, 6) is -0.238. The van der Waals surface area contributed by atoms with E-state index in [4.69, 9.17) is 4.74 Å². The van der Waals surface area contributed by atoms with E-state index in [-0.39, 0.29) is 5.82 Å². The molecule has 3 heterocycles. The van der Waals surface area contributed by atoms with Gasteiger partial charge in [-0.05, 0) is 36.4 Å². The number of halogens is 1. The van der Waals surface area contributed by atoms with Crippen LogP contribution in [-0.4, -0.2) is 41.1 Å². The molecule has 25 heavy (non-hydrogen) atoms. The third-order valence-corrected chi connectivity index (χ3v) is 5.03. The fraction of sp³-hybridized carbons (Fsp3) is 0.294. The van der Waals surface area contributed by atoms with Gasteiger partial charge in [0.1, 0.15) is 5.82 Å². The number of rotatable bonds is 5. The minimum absolute atomic E-state index is 0.238. The molecule has 8 heteroatoms. The molecule has 0 unspecified atom stereocenters. The van der Waals surface area contributed by atoms with Crippen LogP contribution in [0.2, 0.25) is 0 Å². The highest BCUT2D eigenvalue weighted by Crippen LogP contribution is 2.25. The van der Waals surface area contributed by atoms with Gasteiger partial charge >= 0.3 is 0 Å². The summed E-state index contributed by atoms with van der Waals surface area (Å²) in [4.78, 5) is 2.20. The van der Waals surface area contributed by atoms with E-state index in [2.05, 4.69) is 20.4 Å². The number of nitrogens with zero attached hydrogens (tertiary/aromatic N) is 4. The van der Waals surface area contributed by atoms with Gasteiger partial charge in [0.15, 0.2) is 0 Å². The van der Waals surface area contributed by atoms with E-state index >= 15 is 0 Å². The van der Waals surface area contributed by atoms with Crippen molar-refractivity contribution in [1.82, 2.24) is 14.8 Å². The van der Waals surface area contributed by atoms with Crippen LogP contribution < -0.4 is 10.2 Å². The van der Waals surface area contributed by atoms with Gasteiger partial charge in [-0.3, -0.25) is 4.57 Å². The van der Waals surface area contributed by atoms with Crippen molar-refractivity contribution in [2.45, 2.75) is 6.54 Å². The van der Waals surface area contributed by atoms with Crippen LogP contribution in [0.3, 0.4) is 0 Å². The number of benzene rings is 1. The number of anilines is 2. The summed E-state index contributed by atoms with van der Waals surface area (Å²) in [5, 5.41) is 13.7. The molecule has 0 saturated carbocycles. The molecule has 1 aromatic carbocycles. The summed E-state index contributed by atoms with van der Waals surface area (Å²) in [6.07, 6.45) is 1.98. The van der Waals surface area contributed by atoms with Gasteiger partial charge in [0.2, 0.25) is 10.3 Å². The summed E-state index contributed by atoms with van der Waals surface area (Å²) in [7, 11) is 0. The van der Waals surface area contributed by atoms with Gasteiger partial charge in [0.25, 0.3) is 0 Å². The number of nitrogens with one attached hydrogen (secondary N) is 1. The van der Waals surface area contributed by atoms with Crippen molar-refractivity contribution in [3.63, 3.8) is 0 Å². The lowest BCUT2D eigenvalue weighted by molar-refractivity contribution is 0.122. The number of hydrogen-bond acceptors (Lipinski definition) is 6. The Kier molecular flexibility index (Phi) is 4.62. The first-order valence-electron chi connectivity index (χ1n) is 8.12. The molecule has 0 bridgehead atoms. The molecule has 0 radical (unpaired) electrons. The average molecular weight is 359 g/mol. The second kappa shape index (κ2) is 7.20. The number of ether oxygens (including phenoxy) is 1. The van der Waals surface area contributed by atoms with Crippen molar-refractivity contribution in [2.24, 2.45) is 0 Å². The fourth-order valence-electron chi connectivity index (χ4n) is 2.70. The van der Waals surface area contributed by atoms with Crippen LogP contribution in [0.1, 0.15) is 5.69 Å². The van der Waals surface area contributed by atoms with Crippen LogP contribution in [0.4, 0.5) is 15.2 Å². The molecule has 1 aliphatic rings. The van der Waals surface area contributed by atoms with E-state index in [9.17, 15) is 4.39 Å². The molecule has 3 aromatic rings. The third-order valence-electron chi connectivity index (χ3n) is 4.04. The zero-order valence-electron chi connectivity index (χ0n) is 13.6. The summed E-state index contributed by atoms with van der Waals surface area (Å²) in [5.41, 5.74) is 1.94. The number of aromatic nitrogens is 3. The molecule has 0 spiro atoms. The Morgan fingerprint density at radius 2 is 1.84 bits per heavy atom. The van der Waals surface area contributed by atoms with Gasteiger partial charge in [0.05, 0.1) is 19.8 Å². The average Bonchev–Trinajstić information content (AvgIpc) is 3.31. The zero-order chi connectivity index (χ0) is 17.1. The summed E-state index contributed by atoms with van der Waals surface area (Å²) in [6, 6.07) is 10.4. The lowest BCUT2D eigenvalue weighted by Gasteiger charge is -2.25. The topological polar surface area (TPSA) is 55.2 Å². The molecule has 130 valence electrons. The zero-order valence-corrected chi connectivity index (χ0v) is 14.4. The molecule has 0 atom stereocenters. The van der Waals surface area contributed by atoms with Crippen LogP contribution in [0.5, 0.6) is 0 Å². The predicted molar refractivity (Wildman–Crippen MR) is 96.0 cm³/mol. The maximum atomic E-state index is 13.0. The summed E-state index contributed by atoms with van der Waals surface area (Å²) >= 11 is 1.57. The maximum Gasteiger partial charge on any atom is 0.218 e. The Morgan fingerprint density at radius 3 is 2.64 bits per heavy atom. The van der Waals surface area contributed by atoms with Crippen LogP contribution in [0.15, 0.2) is 42.6 Å². The van der Waals surface area contributed by atoms with E-state index in [1.165, 1.54) is 12.1 Å². The first-order valence-corrected chi connectivity index (χ1v) is 8.93. The minimum atomic E-state index is -0.238. The molecule has 1 N–H and O–H groups in total. The number of hydrogen-bond donors (Lipinski definition) is 1. The Hall–Kier alpha value is -2.45. The fourth-order valence-corrected chi connectivity index (χ4v) is 3.61. The number of morpholine rings is 1. The molecule has 1 fully saturated rings. The lowest BCUT2D eigenvalue weighted by atomic mass is 10.3. The standard InChI is InChI=1S/C17H18FN5OS/c18-13-3-5-14(6-4-13)19-12-15-2-1-7-23(15)17-21-20-16(25-17)22-8-10-24-11-9-22/h1-7,19H,8-12H2. The maximum absolute atomic E-state index is 13.0. The van der Waals surface area contributed by atoms with Gasteiger partial charge in [-0.1, -0.05) is 11.3 Å². The molecular weight excluding hydrogens is 341 g/mol. The molecule has 0 amide bonds. The predicted octanol–water partition coefficient (Wildman–Crippen LogP) is 2.92. The van der Waals surface area contributed by atoms with Crippen LogP contribution >= 0.6 is 11.3 Å². The summed E-state index contributed by atoms with van der Waals surface area (Å²) < 4.78 is 20.4. The molecular formula is C17H18FN5OS. The van der Waals surface area contributed by atoms with Gasteiger partial charge in [-0.15, -0.1) is 10.2 Å². The minimum Gasteiger partial charge on any atom is -0.379 e. The Balaban J connectivity index is 1.47. The molecule has 0 aliphatic carbocycles. The van der Waals surface area contributed by atoms with Gasteiger partial charge in [0, 0.05) is 30.7 Å². The van der Waals surface area contributed by atoms with Crippen molar-refractivity contribution in [1.29, 1.82) is 0 Å². The van der Waals surface area contributed by atoms with Gasteiger partial charge in [-0.25, -0.2) is 4.39 Å². The Labute approximate surface area is 148 Å². The van der Waals surface area contributed by atoms with Crippen molar-refractivity contribution in [3.05, 3.63) is 54.1 Å². The smallest absolute Gasteiger partial charge is 0.218 e. The van der Waals surface area contributed by atoms with E-state index in [1.807, 2.05) is 22.9 Å². The monoisotopic (exact) mass is 359 g/mol. The van der Waals surface area contributed by atoms with E-state index < -0.39 is 0 Å². The quantitative estimate of drug-likeness (QED) is 0.759. The summed E-state index contributed by atoms with van der Waals surface area (Å²) in [6.45, 7) is 3.76. The third kappa shape index (κ3) is 3.64. The highest BCUT2D eigenvalue weighted by molar-refractivity contribution is 7.17. The van der Waals surface area contributed by atoms with E-state index in [1.54, 1.807) is 23.5 Å². The van der Waals surface area contributed by atoms with E-state index in [0.29, 0.717) is 6.54 Å². The largest absolute Gasteiger partial charge is 0.379 e. The highest BCUT2D eigenvalue weighted by Gasteiger charge is 2.17. The highest BCUT2D eigenvalue weighted by atomic mass is 32.1. The van der Waals surface area contributed by atoms with Crippen LogP contribution in [0, 0.1) is 5.82 Å². The second-order valence-electron chi connectivity index (χ2n) is 5.70. The van der Waals surface area contributed by atoms with Crippen molar-refractivity contribution in [3.8, 4) is 5.13 Å². The molecule has 4 rings (SSSR count). The van der Waals surface area contributed by atoms with Crippen molar-refractivity contribution in [2.75, 3.05) is 36.5 Å². The molecule has 1 saturated heterocycles. The molecule has 2 aromatic heterocycles. The first-order chi connectivity index (χ1) is 12.3. The van der Waals surface area contributed by atoms with Crippen LogP contribution in [-0.2, 0) is 11.3 Å². The van der Waals surface area contributed by atoms with Crippen LogP contribution in [0.25, 0.3) is 5.13 Å². The van der Waals surface area contributed by atoms with Crippen molar-refractivity contribution < 1.29 is 9.13 Å².